The van der Waals surface area contributed by atoms with E-state index in [2.05, 4.69) is 9.98 Å². The third-order valence-corrected chi connectivity index (χ3v) is 1.91. The van der Waals surface area contributed by atoms with E-state index in [9.17, 15) is 4.79 Å². The number of imidazole rings is 1. The second-order valence-corrected chi connectivity index (χ2v) is 2.83. The van der Waals surface area contributed by atoms with Crippen molar-refractivity contribution >= 4 is 11.9 Å². The average molecular weight is 179 g/mol. The van der Waals surface area contributed by atoms with E-state index in [0.29, 0.717) is 18.4 Å². The number of fused-ring (bicyclic) bond motifs is 1. The summed E-state index contributed by atoms with van der Waals surface area (Å²) in [5.74, 6) is 0.368. The van der Waals surface area contributed by atoms with Gasteiger partial charge in [0.25, 0.3) is 6.01 Å². The lowest BCUT2D eigenvalue weighted by Gasteiger charge is -1.99. The van der Waals surface area contributed by atoms with Crippen molar-refractivity contribution in [2.75, 3.05) is 6.61 Å². The molecular weight excluding hydrogens is 170 g/mol. The summed E-state index contributed by atoms with van der Waals surface area (Å²) in [5, 5.41) is 0. The van der Waals surface area contributed by atoms with Gasteiger partial charge in [-0.05, 0) is 12.8 Å². The lowest BCUT2D eigenvalue weighted by Crippen LogP contribution is -1.97. The van der Waals surface area contributed by atoms with Gasteiger partial charge in [-0.25, -0.2) is 4.79 Å². The minimum absolute atomic E-state index is 0.368. The van der Waals surface area contributed by atoms with Crippen molar-refractivity contribution in [1.29, 1.82) is 0 Å². The van der Waals surface area contributed by atoms with Crippen molar-refractivity contribution in [2.24, 2.45) is 4.99 Å². The van der Waals surface area contributed by atoms with E-state index in [1.54, 1.807) is 6.20 Å². The zero-order chi connectivity index (χ0) is 9.10. The molecule has 1 aromatic heterocycles. The Kier molecular flexibility index (Phi) is 2.10. The molecule has 0 aromatic carbocycles. The Labute approximate surface area is 75.1 Å². The van der Waals surface area contributed by atoms with Crippen LogP contribution >= 0.6 is 0 Å². The number of aromatic nitrogens is 2. The highest BCUT2D eigenvalue weighted by Gasteiger charge is 2.11. The first kappa shape index (κ1) is 8.01. The lowest BCUT2D eigenvalue weighted by atomic mass is 10.3. The standard InChI is InChI=1S/C8H9N3O2/c12-6-9-7-5-11-3-1-2-4-13-8(11)10-7/h5H,1-4H2. The van der Waals surface area contributed by atoms with Crippen molar-refractivity contribution in [3.05, 3.63) is 6.20 Å². The number of nitrogens with zero attached hydrogens (tertiary/aromatic N) is 3. The van der Waals surface area contributed by atoms with Gasteiger partial charge in [0.15, 0.2) is 5.82 Å². The summed E-state index contributed by atoms with van der Waals surface area (Å²) in [7, 11) is 0. The molecule has 2 rings (SSSR count). The smallest absolute Gasteiger partial charge is 0.298 e. The average Bonchev–Trinajstić information content (AvgIpc) is 2.37. The number of aliphatic imine (C=N–C) groups is 1. The molecule has 0 saturated heterocycles. The molecule has 0 aliphatic carbocycles. The second kappa shape index (κ2) is 3.41. The van der Waals surface area contributed by atoms with Crippen molar-refractivity contribution < 1.29 is 9.53 Å². The van der Waals surface area contributed by atoms with Crippen LogP contribution in [0.25, 0.3) is 0 Å². The van der Waals surface area contributed by atoms with E-state index in [1.807, 2.05) is 4.57 Å². The van der Waals surface area contributed by atoms with Gasteiger partial charge in [-0.3, -0.25) is 4.57 Å². The largest absolute Gasteiger partial charge is 0.465 e. The van der Waals surface area contributed by atoms with Crippen LogP contribution in [0.5, 0.6) is 6.01 Å². The summed E-state index contributed by atoms with van der Waals surface area (Å²) in [6.07, 6.45) is 5.25. The van der Waals surface area contributed by atoms with E-state index in [1.165, 1.54) is 6.08 Å². The highest BCUT2D eigenvalue weighted by Crippen LogP contribution is 2.20. The molecule has 0 radical (unpaired) electrons. The third-order valence-electron chi connectivity index (χ3n) is 1.91. The van der Waals surface area contributed by atoms with Crippen molar-refractivity contribution in [3.63, 3.8) is 0 Å². The molecule has 0 bridgehead atoms. The molecular formula is C8H9N3O2. The summed E-state index contributed by atoms with van der Waals surface area (Å²) in [6.45, 7) is 1.55. The maximum absolute atomic E-state index is 9.97. The van der Waals surface area contributed by atoms with Crippen LogP contribution in [0, 0.1) is 0 Å². The van der Waals surface area contributed by atoms with Crippen LogP contribution < -0.4 is 4.74 Å². The molecule has 0 spiro atoms. The normalized spacial score (nSPS) is 15.1. The first-order valence-electron chi connectivity index (χ1n) is 4.18. The molecule has 5 heteroatoms. The van der Waals surface area contributed by atoms with Gasteiger partial charge in [-0.1, -0.05) is 0 Å². The molecule has 0 atom stereocenters. The van der Waals surface area contributed by atoms with Crippen LogP contribution in [0.15, 0.2) is 11.2 Å². The minimum atomic E-state index is 0.368. The molecule has 13 heavy (non-hydrogen) atoms. The highest BCUT2D eigenvalue weighted by atomic mass is 16.5. The molecule has 0 amide bonds. The fourth-order valence-electron chi connectivity index (χ4n) is 1.31. The van der Waals surface area contributed by atoms with Crippen LogP contribution in [0.2, 0.25) is 0 Å². The molecule has 0 unspecified atom stereocenters. The topological polar surface area (TPSA) is 56.5 Å². The Bertz CT molecular complexity index is 329. The molecule has 5 nitrogen and oxygen atoms in total. The summed E-state index contributed by atoms with van der Waals surface area (Å²) in [6, 6.07) is 0.548. The van der Waals surface area contributed by atoms with Crippen LogP contribution in [-0.4, -0.2) is 22.2 Å². The molecule has 0 saturated carbocycles. The molecule has 2 heterocycles. The molecule has 1 aromatic rings. The highest BCUT2D eigenvalue weighted by molar-refractivity contribution is 5.44. The summed E-state index contributed by atoms with van der Waals surface area (Å²) >= 11 is 0. The van der Waals surface area contributed by atoms with E-state index >= 15 is 0 Å². The quantitative estimate of drug-likeness (QED) is 0.477. The van der Waals surface area contributed by atoms with Crippen LogP contribution in [0.1, 0.15) is 12.8 Å². The predicted octanol–water partition coefficient (Wildman–Crippen LogP) is 1.02. The maximum Gasteiger partial charge on any atom is 0.298 e. The number of rotatable bonds is 1. The number of isocyanates is 1. The Hall–Kier alpha value is -1.61. The van der Waals surface area contributed by atoms with Gasteiger partial charge < -0.3 is 4.74 Å². The van der Waals surface area contributed by atoms with Gasteiger partial charge >= 0.3 is 0 Å². The first-order valence-corrected chi connectivity index (χ1v) is 4.18. The Balaban J connectivity index is 2.32. The van der Waals surface area contributed by atoms with E-state index < -0.39 is 0 Å². The second-order valence-electron chi connectivity index (χ2n) is 2.83. The van der Waals surface area contributed by atoms with Gasteiger partial charge in [-0.2, -0.15) is 4.98 Å². The predicted molar refractivity (Wildman–Crippen MR) is 44.7 cm³/mol. The molecule has 68 valence electrons. The Morgan fingerprint density at radius 3 is 3.38 bits per heavy atom. The van der Waals surface area contributed by atoms with Crippen LogP contribution in [-0.2, 0) is 11.3 Å². The number of aryl methyl sites for hydroxylation is 1. The van der Waals surface area contributed by atoms with Crippen LogP contribution in [0.4, 0.5) is 5.82 Å². The molecule has 0 N–H and O–H groups in total. The van der Waals surface area contributed by atoms with Gasteiger partial charge in [0, 0.05) is 6.54 Å². The van der Waals surface area contributed by atoms with Crippen LogP contribution in [0.3, 0.4) is 0 Å². The monoisotopic (exact) mass is 179 g/mol. The van der Waals surface area contributed by atoms with Gasteiger partial charge in [0.2, 0.25) is 6.08 Å². The summed E-state index contributed by atoms with van der Waals surface area (Å²) in [5.41, 5.74) is 0. The Morgan fingerprint density at radius 1 is 1.62 bits per heavy atom. The minimum Gasteiger partial charge on any atom is -0.465 e. The maximum atomic E-state index is 9.97. The first-order chi connectivity index (χ1) is 6.40. The van der Waals surface area contributed by atoms with E-state index in [4.69, 9.17) is 4.74 Å². The number of hydrogen-bond acceptors (Lipinski definition) is 4. The summed E-state index contributed by atoms with van der Waals surface area (Å²) < 4.78 is 7.20. The molecule has 0 fully saturated rings. The Morgan fingerprint density at radius 2 is 2.54 bits per heavy atom. The fraction of sp³-hybridized carbons (Fsp3) is 0.500. The molecule has 1 aliphatic heterocycles. The van der Waals surface area contributed by atoms with E-state index in [-0.39, 0.29) is 0 Å². The van der Waals surface area contributed by atoms with Crippen molar-refractivity contribution in [1.82, 2.24) is 9.55 Å². The third kappa shape index (κ3) is 1.60. The number of ether oxygens (including phenoxy) is 1. The lowest BCUT2D eigenvalue weighted by molar-refractivity contribution is 0.294. The zero-order valence-electron chi connectivity index (χ0n) is 7.06. The summed E-state index contributed by atoms with van der Waals surface area (Å²) in [4.78, 5) is 17.4. The van der Waals surface area contributed by atoms with Crippen molar-refractivity contribution in [3.8, 4) is 6.01 Å². The molecule has 1 aliphatic rings. The number of hydrogen-bond donors (Lipinski definition) is 0. The number of carbonyl (C=O) groups excluding carboxylic acids is 1. The fourth-order valence-corrected chi connectivity index (χ4v) is 1.31. The van der Waals surface area contributed by atoms with Gasteiger partial charge in [0.1, 0.15) is 0 Å². The van der Waals surface area contributed by atoms with Gasteiger partial charge in [0.05, 0.1) is 12.8 Å². The zero-order valence-corrected chi connectivity index (χ0v) is 7.06. The van der Waals surface area contributed by atoms with E-state index in [0.717, 1.165) is 19.4 Å². The van der Waals surface area contributed by atoms with Crippen molar-refractivity contribution in [2.45, 2.75) is 19.4 Å². The van der Waals surface area contributed by atoms with Gasteiger partial charge in [-0.15, -0.1) is 4.99 Å². The SMILES string of the molecule is O=C=Nc1cn2c(n1)OCCCC2.